The second-order valence-corrected chi connectivity index (χ2v) is 7.42. The third kappa shape index (κ3) is 7.20. The van der Waals surface area contributed by atoms with Crippen molar-refractivity contribution in [1.82, 2.24) is 0 Å². The number of carbonyl (C=O) groups is 3. The summed E-state index contributed by atoms with van der Waals surface area (Å²) < 4.78 is 10.2. The van der Waals surface area contributed by atoms with Crippen molar-refractivity contribution in [3.05, 3.63) is 63.7 Å². The highest BCUT2D eigenvalue weighted by atomic mass is 32.2. The Morgan fingerprint density at radius 3 is 2.31 bits per heavy atom. The van der Waals surface area contributed by atoms with Crippen LogP contribution in [-0.4, -0.2) is 48.6 Å². The number of nitro groups is 1. The van der Waals surface area contributed by atoms with E-state index in [4.69, 9.17) is 9.47 Å². The molecule has 0 unspecified atom stereocenters. The van der Waals surface area contributed by atoms with Gasteiger partial charge in [0.1, 0.15) is 11.5 Å². The Balaban J connectivity index is 2.09. The number of oxime groups is 1. The zero-order valence-electron chi connectivity index (χ0n) is 17.5. The molecule has 0 saturated carbocycles. The molecular weight excluding hydrogens is 440 g/mol. The molecule has 0 aliphatic heterocycles. The second kappa shape index (κ2) is 11.6. The van der Waals surface area contributed by atoms with Crippen molar-refractivity contribution in [3.63, 3.8) is 0 Å². The zero-order valence-corrected chi connectivity index (χ0v) is 18.3. The average Bonchev–Trinajstić information content (AvgIpc) is 2.77. The first kappa shape index (κ1) is 24.5. The number of ether oxygens (including phenoxy) is 2. The first-order valence-electron chi connectivity index (χ1n) is 9.23. The van der Waals surface area contributed by atoms with E-state index in [1.165, 1.54) is 32.7 Å². The Bertz CT molecular complexity index is 1050. The van der Waals surface area contributed by atoms with Gasteiger partial charge in [-0.15, -0.1) is 0 Å². The van der Waals surface area contributed by atoms with Crippen LogP contribution in [0.3, 0.4) is 0 Å². The Morgan fingerprint density at radius 1 is 1.06 bits per heavy atom. The highest BCUT2D eigenvalue weighted by Gasteiger charge is 2.17. The van der Waals surface area contributed by atoms with Gasteiger partial charge < -0.3 is 14.3 Å². The molecule has 0 spiro atoms. The van der Waals surface area contributed by atoms with Crippen LogP contribution < -0.4 is 4.74 Å². The fourth-order valence-corrected chi connectivity index (χ4v) is 3.23. The van der Waals surface area contributed by atoms with Crippen LogP contribution in [0.1, 0.15) is 34.6 Å². The molecule has 0 bridgehead atoms. The molecule has 0 amide bonds. The molecule has 0 N–H and O–H groups in total. The zero-order chi connectivity index (χ0) is 23.7. The predicted octanol–water partition coefficient (Wildman–Crippen LogP) is 3.40. The molecular formula is C21H20N2O8S. The first-order valence-corrected chi connectivity index (χ1v) is 10.0. The van der Waals surface area contributed by atoms with Gasteiger partial charge in [0.05, 0.1) is 18.2 Å². The van der Waals surface area contributed by atoms with Gasteiger partial charge in [0.2, 0.25) is 12.3 Å². The minimum atomic E-state index is -0.640. The molecule has 2 aromatic rings. The summed E-state index contributed by atoms with van der Waals surface area (Å²) in [7, 11) is 1.43. The topological polar surface area (TPSA) is 134 Å². The maximum absolute atomic E-state index is 12.5. The van der Waals surface area contributed by atoms with Crippen molar-refractivity contribution in [1.29, 1.82) is 0 Å². The predicted molar refractivity (Wildman–Crippen MR) is 115 cm³/mol. The molecule has 0 aromatic heterocycles. The highest BCUT2D eigenvalue weighted by Crippen LogP contribution is 2.32. The summed E-state index contributed by atoms with van der Waals surface area (Å²) in [5.74, 6) is -1.40. The number of Topliss-reactive ketones (excluding diaryl/α,β-unsaturated/α-hetero) is 1. The van der Waals surface area contributed by atoms with Crippen LogP contribution in [-0.2, 0) is 14.4 Å². The fourth-order valence-electron chi connectivity index (χ4n) is 2.38. The van der Waals surface area contributed by atoms with E-state index in [1.807, 2.05) is 0 Å². The molecule has 2 aromatic carbocycles. The van der Waals surface area contributed by atoms with Crippen molar-refractivity contribution in [3.8, 4) is 5.75 Å². The van der Waals surface area contributed by atoms with Crippen LogP contribution in [0.5, 0.6) is 5.75 Å². The smallest absolute Gasteiger partial charge is 0.338 e. The first-order chi connectivity index (χ1) is 15.2. The molecule has 0 atom stereocenters. The van der Waals surface area contributed by atoms with Crippen LogP contribution in [0.25, 0.3) is 0 Å². The van der Waals surface area contributed by atoms with Gasteiger partial charge in [-0.25, -0.2) is 9.59 Å². The molecule has 0 aliphatic carbocycles. The highest BCUT2D eigenvalue weighted by molar-refractivity contribution is 7.99. The number of nitrogens with zero attached hydrogens (tertiary/aromatic N) is 2. The lowest BCUT2D eigenvalue weighted by molar-refractivity contribution is -0.482. The lowest BCUT2D eigenvalue weighted by Gasteiger charge is -2.10. The molecule has 0 heterocycles. The summed E-state index contributed by atoms with van der Waals surface area (Å²) in [5.41, 5.74) is 0.538. The van der Waals surface area contributed by atoms with E-state index < -0.39 is 29.2 Å². The molecule has 10 nitrogen and oxygen atoms in total. The lowest BCUT2D eigenvalue weighted by Crippen LogP contribution is -2.13. The van der Waals surface area contributed by atoms with Crippen molar-refractivity contribution >= 4 is 35.2 Å². The summed E-state index contributed by atoms with van der Waals surface area (Å²) >= 11 is 1.37. The fraction of sp³-hybridized carbons (Fsp3) is 0.238. The lowest BCUT2D eigenvalue weighted by atomic mass is 10.1. The largest absolute Gasteiger partial charge is 0.496 e. The van der Waals surface area contributed by atoms with Crippen molar-refractivity contribution < 1.29 is 33.6 Å². The van der Waals surface area contributed by atoms with Crippen LogP contribution in [0.15, 0.2) is 57.4 Å². The standard InChI is InChI=1S/C21H20N2O8S/c1-13(22-31-14(2)24)20(25)18-9-8-17(12-19(18)29-3)32-16-6-4-15(5-7-16)21(26)30-11-10-23(27)28/h4-9,12H,10-11H2,1-3H3/b22-13+. The normalized spacial score (nSPS) is 10.9. The average molecular weight is 460 g/mol. The van der Waals surface area contributed by atoms with E-state index in [0.717, 1.165) is 9.79 Å². The molecule has 0 saturated heterocycles. The van der Waals surface area contributed by atoms with Gasteiger partial charge in [-0.1, -0.05) is 16.9 Å². The van der Waals surface area contributed by atoms with Crippen molar-refractivity contribution in [2.45, 2.75) is 23.6 Å². The molecule has 2 rings (SSSR count). The quantitative estimate of drug-likeness (QED) is 0.130. The van der Waals surface area contributed by atoms with Crippen LogP contribution in [0.4, 0.5) is 0 Å². The molecule has 168 valence electrons. The Morgan fingerprint density at radius 2 is 1.72 bits per heavy atom. The number of benzene rings is 2. The minimum Gasteiger partial charge on any atom is -0.496 e. The number of hydrogen-bond acceptors (Lipinski definition) is 10. The summed E-state index contributed by atoms with van der Waals surface area (Å²) in [6, 6.07) is 11.5. The van der Waals surface area contributed by atoms with Gasteiger partial charge in [0.25, 0.3) is 0 Å². The number of carbonyl (C=O) groups excluding carboxylic acids is 3. The van der Waals surface area contributed by atoms with Crippen LogP contribution in [0.2, 0.25) is 0 Å². The third-order valence-corrected chi connectivity index (χ3v) is 4.89. The summed E-state index contributed by atoms with van der Waals surface area (Å²) in [6.07, 6.45) is 0. The maximum Gasteiger partial charge on any atom is 0.338 e. The molecule has 11 heteroatoms. The van der Waals surface area contributed by atoms with E-state index in [1.54, 1.807) is 42.5 Å². The number of rotatable bonds is 10. The van der Waals surface area contributed by atoms with Gasteiger partial charge in [-0.05, 0) is 49.4 Å². The van der Waals surface area contributed by atoms with E-state index >= 15 is 0 Å². The molecule has 0 radical (unpaired) electrons. The van der Waals surface area contributed by atoms with Crippen molar-refractivity contribution in [2.75, 3.05) is 20.3 Å². The van der Waals surface area contributed by atoms with Gasteiger partial charge >= 0.3 is 11.9 Å². The SMILES string of the molecule is COc1cc(Sc2ccc(C(=O)OCC[N+](=O)[O-])cc2)ccc1C(=O)/C(C)=N/OC(C)=O. The van der Waals surface area contributed by atoms with Crippen molar-refractivity contribution in [2.24, 2.45) is 5.16 Å². The molecule has 0 fully saturated rings. The van der Waals surface area contributed by atoms with E-state index in [9.17, 15) is 24.5 Å². The van der Waals surface area contributed by atoms with E-state index in [2.05, 4.69) is 9.99 Å². The Kier molecular flexibility index (Phi) is 8.90. The number of methoxy groups -OCH3 is 1. The van der Waals surface area contributed by atoms with Gasteiger partial charge in [0.15, 0.2) is 6.61 Å². The Hall–Kier alpha value is -3.73. The maximum atomic E-state index is 12.5. The number of ketones is 1. The van der Waals surface area contributed by atoms with Gasteiger partial charge in [0, 0.05) is 21.6 Å². The molecule has 0 aliphatic rings. The van der Waals surface area contributed by atoms with Gasteiger partial charge in [-0.2, -0.15) is 0 Å². The van der Waals surface area contributed by atoms with Crippen LogP contribution >= 0.6 is 11.8 Å². The van der Waals surface area contributed by atoms with E-state index in [-0.39, 0.29) is 23.4 Å². The van der Waals surface area contributed by atoms with Crippen LogP contribution in [0, 0.1) is 10.1 Å². The second-order valence-electron chi connectivity index (χ2n) is 6.27. The van der Waals surface area contributed by atoms with E-state index in [0.29, 0.717) is 5.75 Å². The Labute approximate surface area is 187 Å². The number of esters is 1. The summed E-state index contributed by atoms with van der Waals surface area (Å²) in [4.78, 5) is 51.1. The molecule has 32 heavy (non-hydrogen) atoms. The summed E-state index contributed by atoms with van der Waals surface area (Å²) in [6.45, 7) is 1.87. The summed E-state index contributed by atoms with van der Waals surface area (Å²) in [5, 5.41) is 13.8. The minimum absolute atomic E-state index is 0.000380. The van der Waals surface area contributed by atoms with Gasteiger partial charge in [-0.3, -0.25) is 14.9 Å². The third-order valence-electron chi connectivity index (χ3n) is 3.89. The number of hydrogen-bond donors (Lipinski definition) is 0. The monoisotopic (exact) mass is 460 g/mol.